The molecule has 4 rings (SSSR count). The lowest BCUT2D eigenvalue weighted by Gasteiger charge is -2.56. The highest BCUT2D eigenvalue weighted by atomic mass is 16.3. The average molecular weight is 377 g/mol. The summed E-state index contributed by atoms with van der Waals surface area (Å²) in [6.45, 7) is 6.48. The second kappa shape index (κ2) is 7.06. The number of fused-ring (bicyclic) bond motifs is 1. The summed E-state index contributed by atoms with van der Waals surface area (Å²) in [7, 11) is 0. The molecule has 0 aromatic rings. The molecule has 4 saturated carbocycles. The van der Waals surface area contributed by atoms with Crippen molar-refractivity contribution in [2.24, 2.45) is 35.0 Å². The van der Waals surface area contributed by atoms with Gasteiger partial charge in [0.05, 0.1) is 6.10 Å². The first-order valence-electron chi connectivity index (χ1n) is 11.1. The number of carbonyl (C=O) groups is 2. The quantitative estimate of drug-likeness (QED) is 0.690. The summed E-state index contributed by atoms with van der Waals surface area (Å²) in [5, 5.41) is 17.7. The molecule has 3 N–H and O–H groups in total. The predicted octanol–water partition coefficient (Wildman–Crippen LogP) is 2.62. The summed E-state index contributed by atoms with van der Waals surface area (Å²) < 4.78 is 0. The maximum Gasteiger partial charge on any atom is 0.223 e. The summed E-state index contributed by atoms with van der Waals surface area (Å²) in [4.78, 5) is 24.9. The topological polar surface area (TPSA) is 78.4 Å². The van der Waals surface area contributed by atoms with Crippen molar-refractivity contribution >= 4 is 11.8 Å². The van der Waals surface area contributed by atoms with Gasteiger partial charge in [0.15, 0.2) is 0 Å². The van der Waals surface area contributed by atoms with Crippen LogP contribution in [0.3, 0.4) is 0 Å². The highest BCUT2D eigenvalue weighted by molar-refractivity contribution is 5.81. The summed E-state index contributed by atoms with van der Waals surface area (Å²) in [6, 6.07) is 0.516. The zero-order valence-corrected chi connectivity index (χ0v) is 17.0. The molecule has 2 amide bonds. The van der Waals surface area contributed by atoms with E-state index < -0.39 is 6.10 Å². The van der Waals surface area contributed by atoms with Crippen molar-refractivity contribution in [2.45, 2.75) is 90.3 Å². The van der Waals surface area contributed by atoms with E-state index in [1.54, 1.807) is 0 Å². The first kappa shape index (κ1) is 19.2. The lowest BCUT2D eigenvalue weighted by atomic mass is 9.51. The van der Waals surface area contributed by atoms with Gasteiger partial charge in [-0.2, -0.15) is 0 Å². The van der Waals surface area contributed by atoms with E-state index in [0.717, 1.165) is 51.4 Å². The molecule has 5 nitrogen and oxygen atoms in total. The fourth-order valence-electron chi connectivity index (χ4n) is 5.90. The number of hydrogen-bond donors (Lipinski definition) is 3. The predicted molar refractivity (Wildman–Crippen MR) is 104 cm³/mol. The van der Waals surface area contributed by atoms with Gasteiger partial charge in [0.25, 0.3) is 0 Å². The number of aliphatic hydroxyl groups excluding tert-OH is 1. The zero-order valence-electron chi connectivity index (χ0n) is 17.0. The summed E-state index contributed by atoms with van der Waals surface area (Å²) in [5.41, 5.74) is 0.114. The molecule has 152 valence electrons. The van der Waals surface area contributed by atoms with Crippen molar-refractivity contribution in [3.63, 3.8) is 0 Å². The van der Waals surface area contributed by atoms with E-state index in [1.165, 1.54) is 0 Å². The highest BCUT2D eigenvalue weighted by Crippen LogP contribution is 2.55. The molecule has 4 aliphatic carbocycles. The Bertz CT molecular complexity index is 600. The first-order valence-corrected chi connectivity index (χ1v) is 11.1. The van der Waals surface area contributed by atoms with Crippen LogP contribution >= 0.6 is 0 Å². The molecular weight excluding hydrogens is 340 g/mol. The zero-order chi connectivity index (χ0) is 19.3. The van der Waals surface area contributed by atoms with Crippen molar-refractivity contribution in [2.75, 3.05) is 0 Å². The van der Waals surface area contributed by atoms with Crippen LogP contribution < -0.4 is 10.6 Å². The van der Waals surface area contributed by atoms with Crippen molar-refractivity contribution in [1.29, 1.82) is 0 Å². The molecular formula is C22H36N2O3. The number of carbonyl (C=O) groups excluding carboxylic acids is 2. The Kier molecular flexibility index (Phi) is 5.02. The number of hydrogen-bond acceptors (Lipinski definition) is 3. The van der Waals surface area contributed by atoms with Crippen LogP contribution in [0.2, 0.25) is 0 Å². The molecule has 27 heavy (non-hydrogen) atoms. The SMILES string of the molecule is C[C@H]1[C@@H]2[C@@H](O)C([C@H](C)C(=O)NC3CC3)CC[C@@]2(C)CC[C@@H]1NC(=O)C1CC1. The highest BCUT2D eigenvalue weighted by Gasteiger charge is 2.54. The van der Waals surface area contributed by atoms with E-state index in [4.69, 9.17) is 0 Å². The second-order valence-corrected chi connectivity index (χ2v) is 10.2. The summed E-state index contributed by atoms with van der Waals surface area (Å²) >= 11 is 0. The van der Waals surface area contributed by atoms with Gasteiger partial charge in [-0.05, 0) is 74.5 Å². The molecule has 0 heterocycles. The Morgan fingerprint density at radius 1 is 1.04 bits per heavy atom. The van der Waals surface area contributed by atoms with Gasteiger partial charge in [0.2, 0.25) is 11.8 Å². The number of amides is 2. The Morgan fingerprint density at radius 3 is 2.33 bits per heavy atom. The van der Waals surface area contributed by atoms with Crippen molar-refractivity contribution in [3.05, 3.63) is 0 Å². The molecule has 0 aliphatic heterocycles. The largest absolute Gasteiger partial charge is 0.392 e. The van der Waals surface area contributed by atoms with Crippen LogP contribution in [0.25, 0.3) is 0 Å². The van der Waals surface area contributed by atoms with Crippen molar-refractivity contribution in [3.8, 4) is 0 Å². The summed E-state index contributed by atoms with van der Waals surface area (Å²) in [6.07, 6.45) is 7.77. The van der Waals surface area contributed by atoms with Gasteiger partial charge in [0, 0.05) is 23.9 Å². The minimum Gasteiger partial charge on any atom is -0.392 e. The fourth-order valence-corrected chi connectivity index (χ4v) is 5.90. The fraction of sp³-hybridized carbons (Fsp3) is 0.909. The third-order valence-corrected chi connectivity index (χ3v) is 8.14. The lowest BCUT2D eigenvalue weighted by molar-refractivity contribution is -0.144. The minimum absolute atomic E-state index is 0.0159. The maximum absolute atomic E-state index is 12.6. The number of nitrogens with one attached hydrogen (secondary N) is 2. The monoisotopic (exact) mass is 376 g/mol. The van der Waals surface area contributed by atoms with E-state index in [9.17, 15) is 14.7 Å². The van der Waals surface area contributed by atoms with Gasteiger partial charge in [-0.15, -0.1) is 0 Å². The molecule has 0 aromatic carbocycles. The Balaban J connectivity index is 1.45. The van der Waals surface area contributed by atoms with E-state index in [2.05, 4.69) is 24.5 Å². The van der Waals surface area contributed by atoms with Gasteiger partial charge in [0.1, 0.15) is 0 Å². The van der Waals surface area contributed by atoms with Crippen molar-refractivity contribution < 1.29 is 14.7 Å². The van der Waals surface area contributed by atoms with Gasteiger partial charge >= 0.3 is 0 Å². The van der Waals surface area contributed by atoms with Crippen molar-refractivity contribution in [1.82, 2.24) is 10.6 Å². The van der Waals surface area contributed by atoms with Crippen LogP contribution in [-0.4, -0.2) is 35.1 Å². The van der Waals surface area contributed by atoms with Crippen LogP contribution in [0, 0.1) is 35.0 Å². The lowest BCUT2D eigenvalue weighted by Crippen LogP contribution is -2.58. The average Bonchev–Trinajstić information content (AvgIpc) is 3.50. The molecule has 0 radical (unpaired) electrons. The second-order valence-electron chi connectivity index (χ2n) is 10.2. The van der Waals surface area contributed by atoms with E-state index in [-0.39, 0.29) is 52.9 Å². The van der Waals surface area contributed by atoms with Crippen LogP contribution in [0.5, 0.6) is 0 Å². The summed E-state index contributed by atoms with van der Waals surface area (Å²) in [5.74, 6) is 0.775. The first-order chi connectivity index (χ1) is 12.8. The Morgan fingerprint density at radius 2 is 1.70 bits per heavy atom. The van der Waals surface area contributed by atoms with E-state index in [1.807, 2.05) is 6.92 Å². The smallest absolute Gasteiger partial charge is 0.223 e. The van der Waals surface area contributed by atoms with Gasteiger partial charge in [-0.25, -0.2) is 0 Å². The standard InChI is InChI=1S/C22H36N2O3/c1-12(20(26)23-15-6-7-15)16-8-10-22(3)11-9-17(13(2)18(22)19(16)25)24-21(27)14-4-5-14/h12-19,25H,4-11H2,1-3H3,(H,23,26)(H,24,27)/t12-,13+,16?,17-,18+,19-,22-/m0/s1. The molecule has 0 spiro atoms. The third kappa shape index (κ3) is 3.76. The molecule has 0 bridgehead atoms. The maximum atomic E-state index is 12.6. The molecule has 4 fully saturated rings. The van der Waals surface area contributed by atoms with Gasteiger partial charge in [-0.3, -0.25) is 9.59 Å². The van der Waals surface area contributed by atoms with E-state index >= 15 is 0 Å². The molecule has 0 saturated heterocycles. The normalized spacial score (nSPS) is 42.7. The Labute approximate surface area is 163 Å². The molecule has 0 aromatic heterocycles. The minimum atomic E-state index is -0.473. The van der Waals surface area contributed by atoms with Crippen LogP contribution in [-0.2, 0) is 9.59 Å². The Hall–Kier alpha value is -1.10. The van der Waals surface area contributed by atoms with Gasteiger partial charge in [-0.1, -0.05) is 20.8 Å². The van der Waals surface area contributed by atoms with Crippen LogP contribution in [0.15, 0.2) is 0 Å². The van der Waals surface area contributed by atoms with Crippen LogP contribution in [0.4, 0.5) is 0 Å². The van der Waals surface area contributed by atoms with Crippen LogP contribution in [0.1, 0.15) is 72.1 Å². The number of rotatable bonds is 5. The number of aliphatic hydroxyl groups is 1. The third-order valence-electron chi connectivity index (χ3n) is 8.14. The molecule has 4 aliphatic rings. The molecule has 7 atom stereocenters. The van der Waals surface area contributed by atoms with Gasteiger partial charge < -0.3 is 15.7 Å². The molecule has 5 heteroatoms. The molecule has 1 unspecified atom stereocenters. The van der Waals surface area contributed by atoms with E-state index in [0.29, 0.717) is 6.04 Å².